The molecule has 31 heavy (non-hydrogen) atoms. The third kappa shape index (κ3) is 5.67. The van der Waals surface area contributed by atoms with Crippen LogP contribution in [0.5, 0.6) is 0 Å². The molecular formula is C25H26N4OS. The van der Waals surface area contributed by atoms with Gasteiger partial charge in [0, 0.05) is 29.4 Å². The van der Waals surface area contributed by atoms with Gasteiger partial charge >= 0.3 is 0 Å². The lowest BCUT2D eigenvalue weighted by molar-refractivity contribution is -0.118. The first-order chi connectivity index (χ1) is 14.9. The van der Waals surface area contributed by atoms with E-state index in [1.165, 1.54) is 0 Å². The van der Waals surface area contributed by atoms with Gasteiger partial charge in [-0.05, 0) is 66.0 Å². The third-order valence-corrected chi connectivity index (χ3v) is 5.76. The van der Waals surface area contributed by atoms with Crippen molar-refractivity contribution in [3.63, 3.8) is 0 Å². The maximum atomic E-state index is 12.2. The highest BCUT2D eigenvalue weighted by atomic mass is 32.1. The van der Waals surface area contributed by atoms with E-state index in [2.05, 4.69) is 46.9 Å². The van der Waals surface area contributed by atoms with Crippen LogP contribution >= 0.6 is 12.2 Å². The minimum atomic E-state index is 0.0855. The highest BCUT2D eigenvalue weighted by molar-refractivity contribution is 7.80. The van der Waals surface area contributed by atoms with Gasteiger partial charge in [0.2, 0.25) is 5.91 Å². The first-order valence-corrected chi connectivity index (χ1v) is 10.8. The molecule has 1 aromatic heterocycles. The molecule has 0 aliphatic heterocycles. The van der Waals surface area contributed by atoms with E-state index in [1.54, 1.807) is 6.20 Å². The molecule has 158 valence electrons. The molecule has 5 nitrogen and oxygen atoms in total. The standard InChI is InChI=1S/C25H26N4OS/c1-25(2)15-22(25)23(30)27-21-13-12-20(26-16-21)14-17-8-10-19(11-9-17)29-24(31)28-18-6-4-3-5-7-18/h3-13,16,22H,14-15H2,1-2H3,(H,27,30)(H2,28,29,31). The average molecular weight is 431 g/mol. The highest BCUT2D eigenvalue weighted by Crippen LogP contribution is 2.51. The van der Waals surface area contributed by atoms with Gasteiger partial charge in [0.05, 0.1) is 11.9 Å². The van der Waals surface area contributed by atoms with E-state index in [0.717, 1.165) is 41.2 Å². The summed E-state index contributed by atoms with van der Waals surface area (Å²) in [5.74, 6) is 0.192. The van der Waals surface area contributed by atoms with Crippen molar-refractivity contribution in [1.29, 1.82) is 0 Å². The quantitative estimate of drug-likeness (QED) is 0.453. The number of hydrogen-bond acceptors (Lipinski definition) is 3. The van der Waals surface area contributed by atoms with Crippen LogP contribution in [0.3, 0.4) is 0 Å². The molecule has 3 aromatic rings. The molecule has 1 fully saturated rings. The summed E-state index contributed by atoms with van der Waals surface area (Å²) < 4.78 is 0. The summed E-state index contributed by atoms with van der Waals surface area (Å²) >= 11 is 5.37. The first kappa shape index (κ1) is 21.0. The Balaban J connectivity index is 1.28. The second kappa shape index (κ2) is 8.86. The molecule has 1 unspecified atom stereocenters. The molecule has 2 aromatic carbocycles. The van der Waals surface area contributed by atoms with E-state index >= 15 is 0 Å². The number of aromatic nitrogens is 1. The molecule has 1 heterocycles. The van der Waals surface area contributed by atoms with Crippen LogP contribution in [0.4, 0.5) is 17.1 Å². The SMILES string of the molecule is CC1(C)CC1C(=O)Nc1ccc(Cc2ccc(NC(=S)Nc3ccccc3)cc2)nc1. The van der Waals surface area contributed by atoms with Crippen LogP contribution in [0.2, 0.25) is 0 Å². The second-order valence-electron chi connectivity index (χ2n) is 8.59. The van der Waals surface area contributed by atoms with Crippen LogP contribution in [0.25, 0.3) is 0 Å². The fraction of sp³-hybridized carbons (Fsp3) is 0.240. The van der Waals surface area contributed by atoms with Crippen molar-refractivity contribution in [3.8, 4) is 0 Å². The number of para-hydroxylation sites is 1. The maximum Gasteiger partial charge on any atom is 0.228 e. The van der Waals surface area contributed by atoms with Gasteiger partial charge in [-0.25, -0.2) is 0 Å². The maximum absolute atomic E-state index is 12.2. The Morgan fingerprint density at radius 3 is 2.13 bits per heavy atom. The topological polar surface area (TPSA) is 66.1 Å². The second-order valence-corrected chi connectivity index (χ2v) is 9.00. The highest BCUT2D eigenvalue weighted by Gasteiger charge is 2.50. The van der Waals surface area contributed by atoms with E-state index in [4.69, 9.17) is 12.2 Å². The number of carbonyl (C=O) groups is 1. The lowest BCUT2D eigenvalue weighted by Gasteiger charge is -2.11. The zero-order valence-corrected chi connectivity index (χ0v) is 18.5. The van der Waals surface area contributed by atoms with Crippen LogP contribution < -0.4 is 16.0 Å². The van der Waals surface area contributed by atoms with Crippen LogP contribution in [-0.2, 0) is 11.2 Å². The van der Waals surface area contributed by atoms with Crippen molar-refractivity contribution < 1.29 is 4.79 Å². The van der Waals surface area contributed by atoms with Crippen molar-refractivity contribution in [3.05, 3.63) is 84.2 Å². The zero-order chi connectivity index (χ0) is 21.8. The smallest absolute Gasteiger partial charge is 0.228 e. The predicted octanol–water partition coefficient (Wildman–Crippen LogP) is 5.47. The third-order valence-electron chi connectivity index (χ3n) is 5.55. The van der Waals surface area contributed by atoms with Gasteiger partial charge in [-0.1, -0.05) is 44.2 Å². The molecule has 1 amide bonds. The molecule has 1 aliphatic carbocycles. The lowest BCUT2D eigenvalue weighted by Crippen LogP contribution is -2.18. The minimum Gasteiger partial charge on any atom is -0.332 e. The Labute approximate surface area is 188 Å². The van der Waals surface area contributed by atoms with Crippen LogP contribution in [-0.4, -0.2) is 16.0 Å². The molecule has 1 saturated carbocycles. The summed E-state index contributed by atoms with van der Waals surface area (Å²) in [7, 11) is 0. The van der Waals surface area contributed by atoms with Crippen molar-refractivity contribution in [2.24, 2.45) is 11.3 Å². The molecule has 3 N–H and O–H groups in total. The summed E-state index contributed by atoms with van der Waals surface area (Å²) in [6.45, 7) is 4.24. The van der Waals surface area contributed by atoms with Gasteiger partial charge in [-0.3, -0.25) is 9.78 Å². The minimum absolute atomic E-state index is 0.0855. The van der Waals surface area contributed by atoms with Crippen molar-refractivity contribution in [2.75, 3.05) is 16.0 Å². The molecular weight excluding hydrogens is 404 g/mol. The van der Waals surface area contributed by atoms with Gasteiger partial charge in [0.25, 0.3) is 0 Å². The Morgan fingerprint density at radius 2 is 1.55 bits per heavy atom. The number of carbonyl (C=O) groups excluding carboxylic acids is 1. The van der Waals surface area contributed by atoms with E-state index in [9.17, 15) is 4.79 Å². The Morgan fingerprint density at radius 1 is 0.935 bits per heavy atom. The molecule has 0 radical (unpaired) electrons. The van der Waals surface area contributed by atoms with Gasteiger partial charge < -0.3 is 16.0 Å². The number of pyridine rings is 1. The van der Waals surface area contributed by atoms with Crippen molar-refractivity contribution in [1.82, 2.24) is 4.98 Å². The molecule has 6 heteroatoms. The molecule has 1 aliphatic rings. The van der Waals surface area contributed by atoms with Gasteiger partial charge in [0.1, 0.15) is 0 Å². The Kier molecular flexibility index (Phi) is 6.00. The Bertz CT molecular complexity index is 1060. The summed E-state index contributed by atoms with van der Waals surface area (Å²) in [4.78, 5) is 16.7. The molecule has 0 spiro atoms. The average Bonchev–Trinajstić information content (AvgIpc) is 3.40. The van der Waals surface area contributed by atoms with Crippen LogP contribution in [0.15, 0.2) is 72.9 Å². The zero-order valence-electron chi connectivity index (χ0n) is 17.7. The fourth-order valence-electron chi connectivity index (χ4n) is 3.48. The van der Waals surface area contributed by atoms with Crippen LogP contribution in [0, 0.1) is 11.3 Å². The van der Waals surface area contributed by atoms with Gasteiger partial charge in [-0.15, -0.1) is 0 Å². The Hall–Kier alpha value is -3.25. The monoisotopic (exact) mass is 430 g/mol. The largest absolute Gasteiger partial charge is 0.332 e. The van der Waals surface area contributed by atoms with Gasteiger partial charge in [0.15, 0.2) is 5.11 Å². The number of amides is 1. The number of anilines is 3. The summed E-state index contributed by atoms with van der Waals surface area (Å²) in [6, 6.07) is 21.8. The fourth-order valence-corrected chi connectivity index (χ4v) is 3.71. The number of rotatable bonds is 6. The predicted molar refractivity (Wildman–Crippen MR) is 130 cm³/mol. The molecule has 4 rings (SSSR count). The molecule has 1 atom stereocenters. The van der Waals surface area contributed by atoms with E-state index < -0.39 is 0 Å². The summed E-state index contributed by atoms with van der Waals surface area (Å²) in [5.41, 5.74) is 4.84. The summed E-state index contributed by atoms with van der Waals surface area (Å²) in [6.07, 6.45) is 3.39. The van der Waals surface area contributed by atoms with Crippen LogP contribution in [0.1, 0.15) is 31.5 Å². The van der Waals surface area contributed by atoms with Crippen molar-refractivity contribution in [2.45, 2.75) is 26.7 Å². The number of nitrogens with one attached hydrogen (secondary N) is 3. The number of hydrogen-bond donors (Lipinski definition) is 3. The van der Waals surface area contributed by atoms with E-state index in [-0.39, 0.29) is 17.2 Å². The molecule has 0 saturated heterocycles. The first-order valence-electron chi connectivity index (χ1n) is 10.4. The normalized spacial score (nSPS) is 16.3. The number of benzene rings is 2. The van der Waals surface area contributed by atoms with E-state index in [1.807, 2.05) is 54.6 Å². The van der Waals surface area contributed by atoms with E-state index in [0.29, 0.717) is 5.11 Å². The number of thiocarbonyl (C=S) groups is 1. The lowest BCUT2D eigenvalue weighted by atomic mass is 10.1. The van der Waals surface area contributed by atoms with Crippen molar-refractivity contribution >= 4 is 40.3 Å². The summed E-state index contributed by atoms with van der Waals surface area (Å²) in [5, 5.41) is 9.87. The van der Waals surface area contributed by atoms with Gasteiger partial charge in [-0.2, -0.15) is 0 Å². The number of nitrogens with zero attached hydrogens (tertiary/aromatic N) is 1. The molecule has 0 bridgehead atoms.